The molecule has 0 bridgehead atoms. The number of amides is 1. The van der Waals surface area contributed by atoms with Crippen LogP contribution in [0.25, 0.3) is 0 Å². The number of aliphatic imine (C=N–C) groups is 1. The maximum Gasteiger partial charge on any atom is 0.245 e. The van der Waals surface area contributed by atoms with Gasteiger partial charge in [-0.15, -0.1) is 0 Å². The normalized spacial score (nSPS) is 24.1. The Bertz CT molecular complexity index is 530. The molecule has 0 saturated carbocycles. The van der Waals surface area contributed by atoms with Crippen LogP contribution in [-0.2, 0) is 4.79 Å². The van der Waals surface area contributed by atoms with Crippen molar-refractivity contribution in [1.29, 1.82) is 0 Å². The van der Waals surface area contributed by atoms with Crippen LogP contribution in [0.15, 0.2) is 23.2 Å². The third-order valence-electron chi connectivity index (χ3n) is 4.57. The van der Waals surface area contributed by atoms with E-state index < -0.39 is 0 Å². The van der Waals surface area contributed by atoms with Gasteiger partial charge in [-0.2, -0.15) is 0 Å². The van der Waals surface area contributed by atoms with Crippen LogP contribution in [0.3, 0.4) is 0 Å². The summed E-state index contributed by atoms with van der Waals surface area (Å²) in [6.07, 6.45) is 5.77. The molecule has 0 radical (unpaired) electrons. The molecule has 1 fully saturated rings. The van der Waals surface area contributed by atoms with Gasteiger partial charge in [0.1, 0.15) is 0 Å². The van der Waals surface area contributed by atoms with E-state index in [2.05, 4.69) is 35.4 Å². The van der Waals surface area contributed by atoms with Crippen molar-refractivity contribution in [2.45, 2.75) is 44.4 Å². The molecule has 3 nitrogen and oxygen atoms in total. The fourth-order valence-corrected chi connectivity index (χ4v) is 3.36. The van der Waals surface area contributed by atoms with E-state index in [1.54, 1.807) is 0 Å². The molecule has 106 valence electrons. The van der Waals surface area contributed by atoms with Crippen molar-refractivity contribution in [2.24, 2.45) is 4.99 Å². The lowest BCUT2D eigenvalue weighted by Gasteiger charge is -2.25. The average Bonchev–Trinajstić information content (AvgIpc) is 2.49. The van der Waals surface area contributed by atoms with Gasteiger partial charge in [0.05, 0.1) is 0 Å². The highest BCUT2D eigenvalue weighted by Gasteiger charge is 2.20. The maximum atomic E-state index is 11.2. The first-order valence-electron chi connectivity index (χ1n) is 7.62. The Morgan fingerprint density at radius 1 is 1.20 bits per heavy atom. The van der Waals surface area contributed by atoms with Crippen LogP contribution in [0.5, 0.6) is 0 Å². The highest BCUT2D eigenvalue weighted by atomic mass is 16.1. The molecule has 1 unspecified atom stereocenters. The summed E-state index contributed by atoms with van der Waals surface area (Å²) in [4.78, 5) is 15.1. The zero-order valence-corrected chi connectivity index (χ0v) is 12.1. The van der Waals surface area contributed by atoms with Gasteiger partial charge in [-0.25, -0.2) is 4.99 Å². The number of nitrogens with zero attached hydrogens (tertiary/aromatic N) is 1. The number of aryl methyl sites for hydroxylation is 1. The number of piperidine rings is 1. The molecule has 3 rings (SSSR count). The predicted molar refractivity (Wildman–Crippen MR) is 81.5 cm³/mol. The second kappa shape index (κ2) is 5.88. The van der Waals surface area contributed by atoms with Crippen molar-refractivity contribution in [3.8, 4) is 0 Å². The van der Waals surface area contributed by atoms with Crippen LogP contribution in [0.4, 0.5) is 0 Å². The summed E-state index contributed by atoms with van der Waals surface area (Å²) in [5.41, 5.74) is 4.19. The first-order valence-corrected chi connectivity index (χ1v) is 7.62. The third-order valence-corrected chi connectivity index (χ3v) is 4.57. The molecular weight excluding hydrogens is 248 g/mol. The molecule has 1 atom stereocenters. The number of rotatable bonds is 2. The van der Waals surface area contributed by atoms with Gasteiger partial charge in [0, 0.05) is 18.6 Å². The van der Waals surface area contributed by atoms with Gasteiger partial charge < -0.3 is 5.32 Å². The topological polar surface area (TPSA) is 41.5 Å². The first-order chi connectivity index (χ1) is 9.74. The molecule has 2 aliphatic rings. The van der Waals surface area contributed by atoms with E-state index in [4.69, 9.17) is 0 Å². The molecule has 2 aliphatic heterocycles. The lowest BCUT2D eigenvalue weighted by molar-refractivity contribution is -0.118. The molecule has 1 aromatic rings. The second-order valence-electron chi connectivity index (χ2n) is 5.96. The van der Waals surface area contributed by atoms with Gasteiger partial charge in [0.25, 0.3) is 0 Å². The van der Waals surface area contributed by atoms with E-state index in [-0.39, 0.29) is 5.91 Å². The van der Waals surface area contributed by atoms with E-state index in [1.165, 1.54) is 29.5 Å². The molecule has 1 saturated heterocycles. The van der Waals surface area contributed by atoms with E-state index in [0.717, 1.165) is 19.5 Å². The van der Waals surface area contributed by atoms with Crippen LogP contribution in [0, 0.1) is 6.92 Å². The van der Waals surface area contributed by atoms with E-state index >= 15 is 0 Å². The summed E-state index contributed by atoms with van der Waals surface area (Å²) in [5, 5.41) is 3.42. The van der Waals surface area contributed by atoms with Gasteiger partial charge in [-0.05, 0) is 61.9 Å². The summed E-state index contributed by atoms with van der Waals surface area (Å²) in [7, 11) is 0. The minimum Gasteiger partial charge on any atom is -0.317 e. The van der Waals surface area contributed by atoms with Crippen molar-refractivity contribution >= 4 is 12.1 Å². The zero-order chi connectivity index (χ0) is 13.9. The van der Waals surface area contributed by atoms with E-state index in [0.29, 0.717) is 18.3 Å². The minimum absolute atomic E-state index is 0.0179. The number of nitrogens with one attached hydrogen (secondary N) is 1. The van der Waals surface area contributed by atoms with Crippen molar-refractivity contribution in [3.63, 3.8) is 0 Å². The first kappa shape index (κ1) is 13.5. The molecule has 2 heterocycles. The lowest BCUT2D eigenvalue weighted by Crippen LogP contribution is -2.27. The molecule has 1 aromatic carbocycles. The van der Waals surface area contributed by atoms with Crippen LogP contribution in [0.1, 0.15) is 54.2 Å². The van der Waals surface area contributed by atoms with Crippen molar-refractivity contribution in [1.82, 2.24) is 5.32 Å². The average molecular weight is 270 g/mol. The summed E-state index contributed by atoms with van der Waals surface area (Å²) in [6, 6.07) is 6.83. The van der Waals surface area contributed by atoms with Crippen LogP contribution in [-0.4, -0.2) is 25.2 Å². The van der Waals surface area contributed by atoms with Crippen molar-refractivity contribution < 1.29 is 4.79 Å². The van der Waals surface area contributed by atoms with Gasteiger partial charge in [-0.1, -0.05) is 18.2 Å². The summed E-state index contributed by atoms with van der Waals surface area (Å²) in [5.74, 6) is 1.03. The fourth-order valence-electron chi connectivity index (χ4n) is 3.36. The van der Waals surface area contributed by atoms with Crippen molar-refractivity contribution in [2.75, 3.05) is 13.1 Å². The SMILES string of the molecule is Cc1cc(C2C=NC(=O)CC2)ccc1C1CCNCC1. The van der Waals surface area contributed by atoms with Crippen LogP contribution >= 0.6 is 0 Å². The fraction of sp³-hybridized carbons (Fsp3) is 0.529. The Morgan fingerprint density at radius 3 is 2.65 bits per heavy atom. The van der Waals surface area contributed by atoms with E-state index in [9.17, 15) is 4.79 Å². The monoisotopic (exact) mass is 270 g/mol. The Morgan fingerprint density at radius 2 is 2.00 bits per heavy atom. The number of hydrogen-bond donors (Lipinski definition) is 1. The highest BCUT2D eigenvalue weighted by molar-refractivity contribution is 5.89. The Labute approximate surface area is 120 Å². The number of carbonyl (C=O) groups excluding carboxylic acids is 1. The molecule has 3 heteroatoms. The lowest BCUT2D eigenvalue weighted by atomic mass is 9.84. The number of hydrogen-bond acceptors (Lipinski definition) is 2. The van der Waals surface area contributed by atoms with Gasteiger partial charge in [0.2, 0.25) is 5.91 Å². The van der Waals surface area contributed by atoms with Gasteiger partial charge >= 0.3 is 0 Å². The third kappa shape index (κ3) is 2.83. The summed E-state index contributed by atoms with van der Waals surface area (Å²) in [6.45, 7) is 4.47. The van der Waals surface area contributed by atoms with E-state index in [1.807, 2.05) is 6.21 Å². The molecule has 1 N–H and O–H groups in total. The Kier molecular flexibility index (Phi) is 3.97. The molecule has 1 amide bonds. The standard InChI is InChI=1S/C17H22N2O/c1-12-10-14(15-3-5-17(20)19-11-15)2-4-16(12)13-6-8-18-9-7-13/h2,4,10-11,13,15,18H,3,5-9H2,1H3. The quantitative estimate of drug-likeness (QED) is 0.897. The zero-order valence-electron chi connectivity index (χ0n) is 12.1. The molecule has 20 heavy (non-hydrogen) atoms. The Balaban J connectivity index is 1.80. The largest absolute Gasteiger partial charge is 0.317 e. The highest BCUT2D eigenvalue weighted by Crippen LogP contribution is 2.31. The molecule has 0 aliphatic carbocycles. The van der Waals surface area contributed by atoms with Crippen LogP contribution < -0.4 is 5.32 Å². The van der Waals surface area contributed by atoms with Gasteiger partial charge in [-0.3, -0.25) is 4.79 Å². The number of benzene rings is 1. The predicted octanol–water partition coefficient (Wildman–Crippen LogP) is 2.94. The maximum absolute atomic E-state index is 11.2. The molecule has 0 aromatic heterocycles. The van der Waals surface area contributed by atoms with Crippen LogP contribution in [0.2, 0.25) is 0 Å². The van der Waals surface area contributed by atoms with Crippen molar-refractivity contribution in [3.05, 3.63) is 34.9 Å². The Hall–Kier alpha value is -1.48. The summed E-state index contributed by atoms with van der Waals surface area (Å²) >= 11 is 0. The number of carbonyl (C=O) groups is 1. The minimum atomic E-state index is 0.0179. The second-order valence-corrected chi connectivity index (χ2v) is 5.96. The summed E-state index contributed by atoms with van der Waals surface area (Å²) < 4.78 is 0. The smallest absolute Gasteiger partial charge is 0.245 e. The molecular formula is C17H22N2O. The van der Waals surface area contributed by atoms with Gasteiger partial charge in [0.15, 0.2) is 0 Å². The molecule has 0 spiro atoms.